The SMILES string of the molecule is O=C(NCc1ccccc1Cl)C(=O)NC[C@@]1(O)CCc2ccccc21. The predicted octanol–water partition coefficient (Wildman–Crippen LogP) is 1.91. The summed E-state index contributed by atoms with van der Waals surface area (Å²) in [6.07, 6.45) is 1.27. The maximum atomic E-state index is 12.0. The zero-order chi connectivity index (χ0) is 17.9. The number of fused-ring (bicyclic) bond motifs is 1. The molecule has 0 unspecified atom stereocenters. The van der Waals surface area contributed by atoms with Gasteiger partial charge in [-0.2, -0.15) is 0 Å². The summed E-state index contributed by atoms with van der Waals surface area (Å²) in [6, 6.07) is 14.7. The summed E-state index contributed by atoms with van der Waals surface area (Å²) in [5, 5.41) is 16.3. The topological polar surface area (TPSA) is 78.4 Å². The van der Waals surface area contributed by atoms with Gasteiger partial charge in [-0.3, -0.25) is 9.59 Å². The average molecular weight is 359 g/mol. The van der Waals surface area contributed by atoms with E-state index < -0.39 is 17.4 Å². The van der Waals surface area contributed by atoms with Gasteiger partial charge in [0.2, 0.25) is 0 Å². The fourth-order valence-electron chi connectivity index (χ4n) is 3.06. The molecule has 1 aliphatic rings. The fourth-order valence-corrected chi connectivity index (χ4v) is 3.26. The Bertz CT molecular complexity index is 809. The van der Waals surface area contributed by atoms with Gasteiger partial charge in [0.15, 0.2) is 0 Å². The highest BCUT2D eigenvalue weighted by molar-refractivity contribution is 6.35. The van der Waals surface area contributed by atoms with Gasteiger partial charge < -0.3 is 15.7 Å². The van der Waals surface area contributed by atoms with Crippen LogP contribution in [0.2, 0.25) is 5.02 Å². The standard InChI is InChI=1S/C19H19ClN2O3/c20-16-8-4-2-6-14(16)11-21-17(23)18(24)22-12-19(25)10-9-13-5-1-3-7-15(13)19/h1-8,25H,9-12H2,(H,21,23)(H,22,24)/t19-/m0/s1. The molecule has 1 aliphatic carbocycles. The third kappa shape index (κ3) is 3.83. The van der Waals surface area contributed by atoms with E-state index in [1.165, 1.54) is 0 Å². The number of aliphatic hydroxyl groups is 1. The van der Waals surface area contributed by atoms with Crippen LogP contribution in [0.3, 0.4) is 0 Å². The summed E-state index contributed by atoms with van der Waals surface area (Å²) in [5.41, 5.74) is 1.48. The molecule has 2 amide bonds. The molecule has 0 heterocycles. The smallest absolute Gasteiger partial charge is 0.309 e. The third-order valence-electron chi connectivity index (χ3n) is 4.47. The lowest BCUT2D eigenvalue weighted by atomic mass is 9.96. The predicted molar refractivity (Wildman–Crippen MR) is 95.0 cm³/mol. The second-order valence-electron chi connectivity index (χ2n) is 6.15. The van der Waals surface area contributed by atoms with Crippen molar-refractivity contribution >= 4 is 23.4 Å². The highest BCUT2D eigenvalue weighted by Gasteiger charge is 2.36. The summed E-state index contributed by atoms with van der Waals surface area (Å²) in [4.78, 5) is 23.9. The zero-order valence-electron chi connectivity index (χ0n) is 13.6. The molecular weight excluding hydrogens is 340 g/mol. The average Bonchev–Trinajstić information content (AvgIpc) is 2.96. The van der Waals surface area contributed by atoms with E-state index in [4.69, 9.17) is 11.6 Å². The van der Waals surface area contributed by atoms with Gasteiger partial charge in [-0.25, -0.2) is 0 Å². The second kappa shape index (κ2) is 7.25. The first-order valence-electron chi connectivity index (χ1n) is 8.10. The molecule has 3 rings (SSSR count). The highest BCUT2D eigenvalue weighted by atomic mass is 35.5. The molecule has 0 bridgehead atoms. The number of hydrogen-bond acceptors (Lipinski definition) is 3. The molecule has 0 aliphatic heterocycles. The Morgan fingerprint density at radius 1 is 1.04 bits per heavy atom. The minimum atomic E-state index is -1.13. The van der Waals surface area contributed by atoms with E-state index in [2.05, 4.69) is 10.6 Å². The van der Waals surface area contributed by atoms with Crippen molar-refractivity contribution < 1.29 is 14.7 Å². The minimum Gasteiger partial charge on any atom is -0.383 e. The summed E-state index contributed by atoms with van der Waals surface area (Å²) < 4.78 is 0. The molecule has 2 aromatic rings. The van der Waals surface area contributed by atoms with Gasteiger partial charge >= 0.3 is 11.8 Å². The van der Waals surface area contributed by atoms with Crippen molar-refractivity contribution in [2.75, 3.05) is 6.54 Å². The van der Waals surface area contributed by atoms with Crippen LogP contribution in [0.25, 0.3) is 0 Å². The molecule has 0 radical (unpaired) electrons. The number of benzene rings is 2. The number of nitrogens with one attached hydrogen (secondary N) is 2. The molecule has 5 nitrogen and oxygen atoms in total. The van der Waals surface area contributed by atoms with Gasteiger partial charge in [-0.15, -0.1) is 0 Å². The lowest BCUT2D eigenvalue weighted by Gasteiger charge is -2.24. The monoisotopic (exact) mass is 358 g/mol. The molecule has 0 aromatic heterocycles. The molecule has 3 N–H and O–H groups in total. The number of carbonyl (C=O) groups is 2. The van der Waals surface area contributed by atoms with Crippen molar-refractivity contribution in [2.45, 2.75) is 25.0 Å². The largest absolute Gasteiger partial charge is 0.383 e. The molecule has 0 fully saturated rings. The van der Waals surface area contributed by atoms with Crippen molar-refractivity contribution in [2.24, 2.45) is 0 Å². The Hall–Kier alpha value is -2.37. The highest BCUT2D eigenvalue weighted by Crippen LogP contribution is 2.36. The Labute approximate surface area is 151 Å². The van der Waals surface area contributed by atoms with Crippen molar-refractivity contribution in [1.82, 2.24) is 10.6 Å². The quantitative estimate of drug-likeness (QED) is 0.730. The van der Waals surface area contributed by atoms with Gasteiger partial charge in [-0.05, 0) is 35.6 Å². The summed E-state index contributed by atoms with van der Waals surface area (Å²) in [6.45, 7) is 0.168. The molecule has 1 atom stereocenters. The summed E-state index contributed by atoms with van der Waals surface area (Å²) >= 11 is 6.02. The van der Waals surface area contributed by atoms with Crippen LogP contribution < -0.4 is 10.6 Å². The van der Waals surface area contributed by atoms with E-state index in [-0.39, 0.29) is 13.1 Å². The molecule has 6 heteroatoms. The Morgan fingerprint density at radius 2 is 1.72 bits per heavy atom. The third-order valence-corrected chi connectivity index (χ3v) is 4.84. The van der Waals surface area contributed by atoms with E-state index in [1.807, 2.05) is 24.3 Å². The molecule has 0 saturated heterocycles. The van der Waals surface area contributed by atoms with E-state index in [1.54, 1.807) is 24.3 Å². The fraction of sp³-hybridized carbons (Fsp3) is 0.263. The van der Waals surface area contributed by atoms with Crippen molar-refractivity contribution in [1.29, 1.82) is 0 Å². The van der Waals surface area contributed by atoms with Crippen molar-refractivity contribution in [3.05, 3.63) is 70.2 Å². The van der Waals surface area contributed by atoms with Gasteiger partial charge in [0, 0.05) is 11.6 Å². The second-order valence-corrected chi connectivity index (χ2v) is 6.55. The Morgan fingerprint density at radius 3 is 2.52 bits per heavy atom. The van der Waals surface area contributed by atoms with Gasteiger partial charge in [-0.1, -0.05) is 54.1 Å². The lowest BCUT2D eigenvalue weighted by Crippen LogP contribution is -2.45. The normalized spacial score (nSPS) is 18.5. The van der Waals surface area contributed by atoms with Gasteiger partial charge in [0.05, 0.1) is 6.54 Å². The maximum Gasteiger partial charge on any atom is 0.309 e. The van der Waals surface area contributed by atoms with E-state index in [0.29, 0.717) is 11.4 Å². The minimum absolute atomic E-state index is 0.00234. The number of amides is 2. The van der Waals surface area contributed by atoms with Crippen LogP contribution in [0.5, 0.6) is 0 Å². The zero-order valence-corrected chi connectivity index (χ0v) is 14.3. The van der Waals surface area contributed by atoms with E-state index in [0.717, 1.165) is 23.1 Å². The first kappa shape index (κ1) is 17.5. The number of rotatable bonds is 4. The van der Waals surface area contributed by atoms with Crippen LogP contribution in [0.4, 0.5) is 0 Å². The molecule has 0 spiro atoms. The van der Waals surface area contributed by atoms with Gasteiger partial charge in [0.1, 0.15) is 5.60 Å². The number of aryl methyl sites for hydroxylation is 1. The van der Waals surface area contributed by atoms with Gasteiger partial charge in [0.25, 0.3) is 0 Å². The maximum absolute atomic E-state index is 12.0. The molecule has 2 aromatic carbocycles. The molecule has 130 valence electrons. The Kier molecular flexibility index (Phi) is 5.06. The van der Waals surface area contributed by atoms with E-state index in [9.17, 15) is 14.7 Å². The van der Waals surface area contributed by atoms with Crippen LogP contribution in [-0.4, -0.2) is 23.5 Å². The first-order valence-corrected chi connectivity index (χ1v) is 8.47. The first-order chi connectivity index (χ1) is 12.0. The van der Waals surface area contributed by atoms with Crippen molar-refractivity contribution in [3.8, 4) is 0 Å². The molecule has 0 saturated carbocycles. The molecular formula is C19H19ClN2O3. The lowest BCUT2D eigenvalue weighted by molar-refractivity contribution is -0.140. The molecule has 25 heavy (non-hydrogen) atoms. The summed E-state index contributed by atoms with van der Waals surface area (Å²) in [5.74, 6) is -1.53. The van der Waals surface area contributed by atoms with E-state index >= 15 is 0 Å². The Balaban J connectivity index is 1.54. The van der Waals surface area contributed by atoms with Crippen LogP contribution in [-0.2, 0) is 28.2 Å². The summed E-state index contributed by atoms with van der Waals surface area (Å²) in [7, 11) is 0. The van der Waals surface area contributed by atoms with Crippen molar-refractivity contribution in [3.63, 3.8) is 0 Å². The van der Waals surface area contributed by atoms with Crippen LogP contribution >= 0.6 is 11.6 Å². The van der Waals surface area contributed by atoms with Crippen LogP contribution in [0, 0.1) is 0 Å². The number of halogens is 1. The van der Waals surface area contributed by atoms with Crippen LogP contribution in [0.15, 0.2) is 48.5 Å². The number of carbonyl (C=O) groups excluding carboxylic acids is 2. The number of hydrogen-bond donors (Lipinski definition) is 3. The van der Waals surface area contributed by atoms with Crippen LogP contribution in [0.1, 0.15) is 23.1 Å².